The van der Waals surface area contributed by atoms with E-state index in [1.165, 1.54) is 49.6 Å². The summed E-state index contributed by atoms with van der Waals surface area (Å²) in [5, 5.41) is 35.4. The lowest BCUT2D eigenvalue weighted by molar-refractivity contribution is -0.660. The molecule has 51 heavy (non-hydrogen) atoms. The molecule has 0 spiro atoms. The number of carboxylic acid groups (broad SMARTS) is 1. The summed E-state index contributed by atoms with van der Waals surface area (Å²) in [5.41, 5.74) is -0.906. The molecule has 0 radical (unpaired) electrons. The van der Waals surface area contributed by atoms with Crippen molar-refractivity contribution in [2.45, 2.75) is 29.3 Å². The number of pyridine rings is 1. The molecular formula is C36H33N6O8S+. The minimum absolute atomic E-state index is 0.0175. The number of hydrogen-bond acceptors (Lipinski definition) is 12. The van der Waals surface area contributed by atoms with Crippen LogP contribution in [0.1, 0.15) is 29.5 Å². The van der Waals surface area contributed by atoms with Crippen LogP contribution < -0.4 is 24.4 Å². The van der Waals surface area contributed by atoms with Crippen LogP contribution in [0, 0.1) is 22.7 Å². The Balaban J connectivity index is 1.81. The number of carbonyl (C=O) groups excluding carboxylic acids is 1. The molecule has 14 nitrogen and oxygen atoms in total. The molecule has 2 amide bonds. The second kappa shape index (κ2) is 13.3. The number of piperazine rings is 1. The second-order valence-electron chi connectivity index (χ2n) is 11.7. The molecular weight excluding hydrogens is 676 g/mol. The number of imide groups is 1. The molecule has 0 bridgehead atoms. The van der Waals surface area contributed by atoms with Gasteiger partial charge >= 0.3 is 22.0 Å². The minimum atomic E-state index is -5.32. The molecule has 4 unspecified atom stereocenters. The second-order valence-corrected chi connectivity index (χ2v) is 13.8. The van der Waals surface area contributed by atoms with Gasteiger partial charge in [0, 0.05) is 36.0 Å². The molecule has 4 atom stereocenters. The zero-order valence-corrected chi connectivity index (χ0v) is 28.6. The van der Waals surface area contributed by atoms with Crippen LogP contribution in [0.25, 0.3) is 0 Å². The number of quaternary nitrogens is 1. The van der Waals surface area contributed by atoms with Gasteiger partial charge in [0.15, 0.2) is 16.5 Å². The van der Waals surface area contributed by atoms with Crippen LogP contribution in [0.15, 0.2) is 90.0 Å². The van der Waals surface area contributed by atoms with Gasteiger partial charge in [-0.2, -0.15) is 23.7 Å². The quantitative estimate of drug-likeness (QED) is 0.230. The van der Waals surface area contributed by atoms with Crippen LogP contribution in [-0.4, -0.2) is 74.4 Å². The maximum absolute atomic E-state index is 16.1. The number of sulfonamides is 1. The highest BCUT2D eigenvalue weighted by Crippen LogP contribution is 2.56. The fourth-order valence-corrected chi connectivity index (χ4v) is 9.06. The zero-order valence-electron chi connectivity index (χ0n) is 27.8. The van der Waals surface area contributed by atoms with E-state index in [2.05, 4.69) is 16.4 Å². The fraction of sp³-hybridized carbons (Fsp3) is 0.250. The van der Waals surface area contributed by atoms with Gasteiger partial charge in [-0.25, -0.2) is 9.78 Å². The maximum Gasteiger partial charge on any atom is 0.537 e. The molecule has 4 aromatic rings. The van der Waals surface area contributed by atoms with Gasteiger partial charge in [0.1, 0.15) is 29.6 Å². The van der Waals surface area contributed by atoms with Gasteiger partial charge in [0.2, 0.25) is 0 Å². The molecule has 1 fully saturated rings. The van der Waals surface area contributed by atoms with Crippen molar-refractivity contribution in [1.29, 1.82) is 10.5 Å². The van der Waals surface area contributed by atoms with Gasteiger partial charge in [0.05, 0.1) is 38.5 Å². The molecule has 3 aromatic carbocycles. The third-order valence-electron chi connectivity index (χ3n) is 9.35. The topological polar surface area (TPSA) is 192 Å². The van der Waals surface area contributed by atoms with E-state index < -0.39 is 54.9 Å². The van der Waals surface area contributed by atoms with E-state index in [1.807, 2.05) is 6.07 Å². The van der Waals surface area contributed by atoms with Crippen LogP contribution in [0.2, 0.25) is 0 Å². The lowest BCUT2D eigenvalue weighted by Gasteiger charge is -2.54. The molecule has 1 aromatic heterocycles. The normalized spacial score (nSPS) is 22.5. The number of hydrogen-bond donors (Lipinski definition) is 2. The first-order valence-corrected chi connectivity index (χ1v) is 17.2. The van der Waals surface area contributed by atoms with E-state index in [1.54, 1.807) is 55.5 Å². The first-order chi connectivity index (χ1) is 24.6. The number of rotatable bonds is 9. The van der Waals surface area contributed by atoms with Crippen LogP contribution in [0.4, 0.5) is 16.3 Å². The lowest BCUT2D eigenvalue weighted by Crippen LogP contribution is -2.79. The lowest BCUT2D eigenvalue weighted by atomic mass is 9.70. The highest BCUT2D eigenvalue weighted by Gasteiger charge is 2.75. The van der Waals surface area contributed by atoms with Gasteiger partial charge < -0.3 is 29.5 Å². The Morgan fingerprint density at radius 1 is 1.06 bits per heavy atom. The third-order valence-corrected chi connectivity index (χ3v) is 11.5. The van der Waals surface area contributed by atoms with Gasteiger partial charge in [-0.05, 0) is 52.8 Å². The van der Waals surface area contributed by atoms with Crippen molar-refractivity contribution in [3.05, 3.63) is 102 Å². The Kier molecular flexibility index (Phi) is 9.03. The molecule has 15 heteroatoms. The molecule has 0 aliphatic carbocycles. The van der Waals surface area contributed by atoms with E-state index in [0.717, 1.165) is 6.07 Å². The predicted molar refractivity (Wildman–Crippen MR) is 183 cm³/mol. The number of fused-ring (bicyclic) bond motifs is 1. The van der Waals surface area contributed by atoms with Crippen molar-refractivity contribution < 1.29 is 41.2 Å². The number of nitrogens with zero attached hydrogens (tertiary/aromatic N) is 5. The Bertz CT molecular complexity index is 2230. The molecule has 0 saturated carbocycles. The summed E-state index contributed by atoms with van der Waals surface area (Å²) in [7, 11) is -2.75. The van der Waals surface area contributed by atoms with Crippen molar-refractivity contribution in [2.75, 3.05) is 44.1 Å². The third kappa shape index (κ3) is 5.09. The summed E-state index contributed by atoms with van der Waals surface area (Å²) in [6, 6.07) is 22.5. The molecule has 260 valence electrons. The molecule has 3 heterocycles. The average molecular weight is 710 g/mol. The number of ether oxygens (including phenoxy) is 3. The Labute approximate surface area is 294 Å². The number of para-hydroxylation sites is 2. The molecule has 2 aliphatic heterocycles. The van der Waals surface area contributed by atoms with Crippen LogP contribution in [0.3, 0.4) is 0 Å². The number of methoxy groups -OCH3 is 2. The minimum Gasteiger partial charge on any atom is -0.497 e. The number of nitrogens with one attached hydrogen (secondary N) is 1. The van der Waals surface area contributed by atoms with Gasteiger partial charge in [0.25, 0.3) is 0 Å². The molecule has 2 aliphatic rings. The number of nitriles is 2. The molecule has 2 N–H and O–H groups in total. The van der Waals surface area contributed by atoms with Crippen molar-refractivity contribution in [1.82, 2.24) is 4.98 Å². The largest absolute Gasteiger partial charge is 0.537 e. The Hall–Kier alpha value is -6.16. The van der Waals surface area contributed by atoms with Crippen molar-refractivity contribution >= 4 is 33.5 Å². The van der Waals surface area contributed by atoms with Gasteiger partial charge in [-0.15, -0.1) is 0 Å². The van der Waals surface area contributed by atoms with E-state index in [4.69, 9.17) is 14.2 Å². The molecule has 1 saturated heterocycles. The van der Waals surface area contributed by atoms with Crippen molar-refractivity contribution in [2.24, 2.45) is 0 Å². The average Bonchev–Trinajstić information content (AvgIpc) is 3.59. The SMILES string of the molecule is CCOc1ccccc1C1(C2CNc3ccccc32)C(=O)[N+](C(=O)O)(S(=O)(=O)c2ccc(OC)cc2OC)CC(C#N)N1c1cc(C#N)ccn1. The standard InChI is InChI=1S/C36H32N6O8S/c1-4-50-30-12-8-6-10-27(30)36(28-21-40-29-11-7-5-9-26(28)29)34(43)42(35(44)45,51(46,47)32-14-13-25(48-2)18-31(32)49-3)22-24(20-38)41(36)33-17-23(19-37)15-16-39-33/h5-18,24,28,40H,4,21-22H2,1-3H3/p+1. The number of benzene rings is 3. The highest BCUT2D eigenvalue weighted by molar-refractivity contribution is 7.86. The van der Waals surface area contributed by atoms with Crippen LogP contribution in [-0.2, 0) is 20.4 Å². The smallest absolute Gasteiger partial charge is 0.497 e. The Morgan fingerprint density at radius 2 is 1.80 bits per heavy atom. The maximum atomic E-state index is 16.1. The van der Waals surface area contributed by atoms with Gasteiger partial charge in [-0.3, -0.25) is 0 Å². The number of amides is 2. The van der Waals surface area contributed by atoms with E-state index in [0.29, 0.717) is 11.3 Å². The van der Waals surface area contributed by atoms with Crippen LogP contribution in [0.5, 0.6) is 17.2 Å². The summed E-state index contributed by atoms with van der Waals surface area (Å²) in [5.74, 6) is -2.26. The van der Waals surface area contributed by atoms with E-state index in [-0.39, 0.29) is 47.3 Å². The zero-order chi connectivity index (χ0) is 36.6. The number of aromatic nitrogens is 1. The summed E-state index contributed by atoms with van der Waals surface area (Å²) in [6.45, 7) is 0.819. The van der Waals surface area contributed by atoms with Crippen molar-refractivity contribution in [3.63, 3.8) is 0 Å². The molecule has 6 rings (SSSR count). The summed E-state index contributed by atoms with van der Waals surface area (Å²) in [6.07, 6.45) is -0.700. The first kappa shape index (κ1) is 34.7. The van der Waals surface area contributed by atoms with E-state index >= 15 is 13.2 Å². The Morgan fingerprint density at radius 3 is 2.49 bits per heavy atom. The number of carbonyl (C=O) groups is 2. The van der Waals surface area contributed by atoms with Crippen LogP contribution >= 0.6 is 0 Å². The summed E-state index contributed by atoms with van der Waals surface area (Å²) in [4.78, 5) is 35.3. The fourth-order valence-electron chi connectivity index (χ4n) is 7.19. The van der Waals surface area contributed by atoms with Gasteiger partial charge in [-0.1, -0.05) is 36.4 Å². The van der Waals surface area contributed by atoms with E-state index in [9.17, 15) is 20.4 Å². The highest BCUT2D eigenvalue weighted by atomic mass is 32.2. The monoisotopic (exact) mass is 709 g/mol. The first-order valence-electron chi connectivity index (χ1n) is 15.8. The predicted octanol–water partition coefficient (Wildman–Crippen LogP) is 4.60. The van der Waals surface area contributed by atoms with Crippen molar-refractivity contribution in [3.8, 4) is 29.4 Å². The summed E-state index contributed by atoms with van der Waals surface area (Å²) >= 11 is 0. The summed E-state index contributed by atoms with van der Waals surface area (Å²) < 4.78 is 44.8. The number of anilines is 2.